The van der Waals surface area contributed by atoms with Gasteiger partial charge in [-0.2, -0.15) is 0 Å². The number of imidazole rings is 1. The van der Waals surface area contributed by atoms with Crippen molar-refractivity contribution in [3.05, 3.63) is 72.9 Å². The van der Waals surface area contributed by atoms with Crippen molar-refractivity contribution in [3.63, 3.8) is 0 Å². The number of amides is 1. The maximum atomic E-state index is 13.1. The fourth-order valence-corrected chi connectivity index (χ4v) is 3.27. The Morgan fingerprint density at radius 3 is 2.81 bits per heavy atom. The molecule has 0 radical (unpaired) electrons. The fourth-order valence-electron chi connectivity index (χ4n) is 3.27. The Labute approximate surface area is 152 Å². The summed E-state index contributed by atoms with van der Waals surface area (Å²) in [5.41, 5.74) is 0.489. The van der Waals surface area contributed by atoms with Crippen molar-refractivity contribution in [2.45, 2.75) is 18.9 Å². The molecule has 26 heavy (non-hydrogen) atoms. The minimum Gasteiger partial charge on any atom is -0.438 e. The average Bonchev–Trinajstić information content (AvgIpc) is 3.24. The van der Waals surface area contributed by atoms with Crippen LogP contribution in [0, 0.1) is 0 Å². The van der Waals surface area contributed by atoms with Crippen LogP contribution in [0.5, 0.6) is 11.6 Å². The molecule has 6 nitrogen and oxygen atoms in total. The molecule has 1 aliphatic heterocycles. The van der Waals surface area contributed by atoms with Gasteiger partial charge in [0.2, 0.25) is 5.88 Å². The molecule has 1 amide bonds. The number of pyridine rings is 1. The van der Waals surface area contributed by atoms with Gasteiger partial charge in [-0.1, -0.05) is 18.2 Å². The molecule has 0 saturated carbocycles. The van der Waals surface area contributed by atoms with Crippen molar-refractivity contribution < 1.29 is 9.53 Å². The van der Waals surface area contributed by atoms with Crippen molar-refractivity contribution in [1.29, 1.82) is 0 Å². The molecule has 0 unspecified atom stereocenters. The Morgan fingerprint density at radius 1 is 1.12 bits per heavy atom. The van der Waals surface area contributed by atoms with Gasteiger partial charge in [-0.3, -0.25) is 4.79 Å². The molecule has 1 saturated heterocycles. The van der Waals surface area contributed by atoms with Crippen LogP contribution in [-0.4, -0.2) is 38.4 Å². The second-order valence-electron chi connectivity index (χ2n) is 6.33. The summed E-state index contributed by atoms with van der Waals surface area (Å²) in [6.07, 6.45) is 9.18. The standard InChI is InChI=1S/C20H20N4O2/c25-20(23-12-5-6-16(14-23)24-13-11-21-15-24)18-9-4-10-22-19(18)26-17-7-2-1-3-8-17/h1-4,7-11,13,15-16H,5-6,12,14H2/t16-/m1/s1. The van der Waals surface area contributed by atoms with Crippen LogP contribution in [0.2, 0.25) is 0 Å². The minimum atomic E-state index is -0.0474. The molecular weight excluding hydrogens is 328 g/mol. The van der Waals surface area contributed by atoms with Gasteiger partial charge in [0, 0.05) is 31.7 Å². The highest BCUT2D eigenvalue weighted by Gasteiger charge is 2.27. The van der Waals surface area contributed by atoms with Crippen LogP contribution in [0.1, 0.15) is 29.2 Å². The van der Waals surface area contributed by atoms with E-state index in [0.29, 0.717) is 23.7 Å². The summed E-state index contributed by atoms with van der Waals surface area (Å²) >= 11 is 0. The van der Waals surface area contributed by atoms with Gasteiger partial charge in [0.1, 0.15) is 11.3 Å². The highest BCUT2D eigenvalue weighted by molar-refractivity contribution is 5.96. The maximum absolute atomic E-state index is 13.1. The lowest BCUT2D eigenvalue weighted by molar-refractivity contribution is 0.0676. The Hall–Kier alpha value is -3.15. The van der Waals surface area contributed by atoms with Gasteiger partial charge in [-0.05, 0) is 37.1 Å². The number of hydrogen-bond donors (Lipinski definition) is 0. The molecule has 0 spiro atoms. The molecular formula is C20H20N4O2. The van der Waals surface area contributed by atoms with Gasteiger partial charge in [-0.25, -0.2) is 9.97 Å². The summed E-state index contributed by atoms with van der Waals surface area (Å²) in [6, 6.07) is 13.2. The number of aromatic nitrogens is 3. The molecule has 3 aromatic rings. The third-order valence-electron chi connectivity index (χ3n) is 4.59. The lowest BCUT2D eigenvalue weighted by Crippen LogP contribution is -2.40. The zero-order valence-electron chi connectivity index (χ0n) is 14.4. The molecule has 1 atom stereocenters. The van der Waals surface area contributed by atoms with Gasteiger partial charge < -0.3 is 14.2 Å². The van der Waals surface area contributed by atoms with Crippen molar-refractivity contribution in [1.82, 2.24) is 19.4 Å². The third kappa shape index (κ3) is 3.44. The summed E-state index contributed by atoms with van der Waals surface area (Å²) in [5.74, 6) is 0.956. The molecule has 1 aliphatic rings. The monoisotopic (exact) mass is 348 g/mol. The van der Waals surface area contributed by atoms with E-state index < -0.39 is 0 Å². The number of ether oxygens (including phenoxy) is 1. The number of carbonyl (C=O) groups is 1. The Kier molecular flexibility index (Phi) is 4.64. The first-order valence-electron chi connectivity index (χ1n) is 8.76. The fraction of sp³-hybridized carbons (Fsp3) is 0.250. The summed E-state index contributed by atoms with van der Waals surface area (Å²) in [5, 5.41) is 0. The lowest BCUT2D eigenvalue weighted by Gasteiger charge is -2.33. The van der Waals surface area contributed by atoms with Crippen LogP contribution >= 0.6 is 0 Å². The van der Waals surface area contributed by atoms with E-state index >= 15 is 0 Å². The van der Waals surface area contributed by atoms with E-state index in [2.05, 4.69) is 14.5 Å². The topological polar surface area (TPSA) is 60.2 Å². The van der Waals surface area contributed by atoms with E-state index in [4.69, 9.17) is 4.74 Å². The quantitative estimate of drug-likeness (QED) is 0.723. The van der Waals surface area contributed by atoms with Crippen LogP contribution < -0.4 is 4.74 Å². The van der Waals surface area contributed by atoms with E-state index in [-0.39, 0.29) is 11.9 Å². The highest BCUT2D eigenvalue weighted by Crippen LogP contribution is 2.27. The van der Waals surface area contributed by atoms with Crippen LogP contribution in [0.25, 0.3) is 0 Å². The molecule has 4 rings (SSSR count). The van der Waals surface area contributed by atoms with Gasteiger partial charge in [0.25, 0.3) is 5.91 Å². The van der Waals surface area contributed by atoms with E-state index in [1.807, 2.05) is 47.8 Å². The second-order valence-corrected chi connectivity index (χ2v) is 6.33. The molecule has 0 N–H and O–H groups in total. The van der Waals surface area contributed by atoms with Gasteiger partial charge in [-0.15, -0.1) is 0 Å². The zero-order chi connectivity index (χ0) is 17.8. The maximum Gasteiger partial charge on any atom is 0.259 e. The first-order chi connectivity index (χ1) is 12.8. The summed E-state index contributed by atoms with van der Waals surface area (Å²) in [6.45, 7) is 1.40. The SMILES string of the molecule is O=C(c1cccnc1Oc1ccccc1)N1CCC[C@@H](n2ccnc2)C1. The van der Waals surface area contributed by atoms with Crippen molar-refractivity contribution in [2.75, 3.05) is 13.1 Å². The van der Waals surface area contributed by atoms with E-state index in [1.165, 1.54) is 0 Å². The van der Waals surface area contributed by atoms with Crippen molar-refractivity contribution in [3.8, 4) is 11.6 Å². The Bertz CT molecular complexity index is 865. The Morgan fingerprint density at radius 2 is 2.00 bits per heavy atom. The zero-order valence-corrected chi connectivity index (χ0v) is 14.4. The summed E-state index contributed by atoms with van der Waals surface area (Å²) in [4.78, 5) is 23.4. The third-order valence-corrected chi connectivity index (χ3v) is 4.59. The highest BCUT2D eigenvalue weighted by atomic mass is 16.5. The number of benzene rings is 1. The van der Waals surface area contributed by atoms with E-state index in [9.17, 15) is 4.79 Å². The van der Waals surface area contributed by atoms with Crippen LogP contribution in [0.4, 0.5) is 0 Å². The molecule has 1 fully saturated rings. The Balaban J connectivity index is 1.54. The first kappa shape index (κ1) is 16.3. The van der Waals surface area contributed by atoms with Crippen molar-refractivity contribution >= 4 is 5.91 Å². The summed E-state index contributed by atoms with van der Waals surface area (Å²) in [7, 11) is 0. The molecule has 1 aromatic carbocycles. The number of carbonyl (C=O) groups excluding carboxylic acids is 1. The molecule has 3 heterocycles. The molecule has 132 valence electrons. The van der Waals surface area contributed by atoms with Crippen LogP contribution in [0.15, 0.2) is 67.4 Å². The smallest absolute Gasteiger partial charge is 0.259 e. The number of piperidine rings is 1. The van der Waals surface area contributed by atoms with Gasteiger partial charge in [0.15, 0.2) is 0 Å². The van der Waals surface area contributed by atoms with Crippen molar-refractivity contribution in [2.24, 2.45) is 0 Å². The number of hydrogen-bond acceptors (Lipinski definition) is 4. The number of nitrogens with zero attached hydrogens (tertiary/aromatic N) is 4. The lowest BCUT2D eigenvalue weighted by atomic mass is 10.0. The predicted octanol–water partition coefficient (Wildman–Crippen LogP) is 3.55. The second kappa shape index (κ2) is 7.39. The van der Waals surface area contributed by atoms with E-state index in [1.54, 1.807) is 24.5 Å². The normalized spacial score (nSPS) is 17.1. The number of rotatable bonds is 4. The largest absolute Gasteiger partial charge is 0.438 e. The van der Waals surface area contributed by atoms with E-state index in [0.717, 1.165) is 19.4 Å². The minimum absolute atomic E-state index is 0.0474. The first-order valence-corrected chi connectivity index (χ1v) is 8.76. The molecule has 2 aromatic heterocycles. The molecule has 0 aliphatic carbocycles. The van der Waals surface area contributed by atoms with Crippen LogP contribution in [-0.2, 0) is 0 Å². The summed E-state index contributed by atoms with van der Waals surface area (Å²) < 4.78 is 7.92. The van der Waals surface area contributed by atoms with Crippen LogP contribution in [0.3, 0.4) is 0 Å². The molecule has 0 bridgehead atoms. The predicted molar refractivity (Wildman–Crippen MR) is 97.2 cm³/mol. The van der Waals surface area contributed by atoms with Gasteiger partial charge >= 0.3 is 0 Å². The molecule has 6 heteroatoms. The number of para-hydroxylation sites is 1. The van der Waals surface area contributed by atoms with Gasteiger partial charge in [0.05, 0.1) is 12.4 Å². The number of likely N-dealkylation sites (tertiary alicyclic amines) is 1. The average molecular weight is 348 g/mol.